The minimum Gasteiger partial charge on any atom is -0.491 e. The van der Waals surface area contributed by atoms with Gasteiger partial charge in [-0.1, -0.05) is 45.9 Å². The number of ether oxygens (including phenoxy) is 1. The molecule has 0 saturated heterocycles. The highest BCUT2D eigenvalue weighted by Crippen LogP contribution is 2.33. The van der Waals surface area contributed by atoms with Crippen LogP contribution in [0, 0.1) is 12.3 Å². The highest BCUT2D eigenvalue weighted by atomic mass is 32.1. The number of aliphatic hydroxyl groups is 1. The van der Waals surface area contributed by atoms with E-state index in [0.717, 1.165) is 40.7 Å². The zero-order valence-corrected chi connectivity index (χ0v) is 20.5. The van der Waals surface area contributed by atoms with Gasteiger partial charge in [0.1, 0.15) is 12.4 Å². The Bertz CT molecular complexity index is 1080. The van der Waals surface area contributed by atoms with Crippen molar-refractivity contribution < 1.29 is 19.7 Å². The first kappa shape index (κ1) is 24.3. The summed E-state index contributed by atoms with van der Waals surface area (Å²) in [5.41, 5.74) is 2.53. The lowest BCUT2D eigenvalue weighted by Gasteiger charge is -2.26. The minimum absolute atomic E-state index is 0.205. The van der Waals surface area contributed by atoms with E-state index >= 15 is 0 Å². The van der Waals surface area contributed by atoms with Crippen molar-refractivity contribution in [2.24, 2.45) is 5.41 Å². The predicted octanol–water partition coefficient (Wildman–Crippen LogP) is 6.82. The van der Waals surface area contributed by atoms with Crippen LogP contribution in [-0.4, -0.2) is 28.9 Å². The molecule has 172 valence electrons. The van der Waals surface area contributed by atoms with Gasteiger partial charge in [-0.05, 0) is 78.3 Å². The first-order chi connectivity index (χ1) is 15.1. The fourth-order valence-corrected chi connectivity index (χ4v) is 4.89. The molecular formula is C27H34O4S. The molecule has 0 fully saturated rings. The number of fused-ring (bicyclic) bond motifs is 1. The van der Waals surface area contributed by atoms with Crippen LogP contribution < -0.4 is 4.74 Å². The fourth-order valence-electron chi connectivity index (χ4n) is 3.77. The van der Waals surface area contributed by atoms with Crippen LogP contribution >= 0.6 is 11.3 Å². The third-order valence-electron chi connectivity index (χ3n) is 6.12. The molecule has 2 N–H and O–H groups in total. The van der Waals surface area contributed by atoms with Crippen LogP contribution in [-0.2, 0) is 6.42 Å². The maximum Gasteiger partial charge on any atom is 0.335 e. The van der Waals surface area contributed by atoms with Crippen LogP contribution in [0.3, 0.4) is 0 Å². The van der Waals surface area contributed by atoms with Gasteiger partial charge in [0.25, 0.3) is 0 Å². The van der Waals surface area contributed by atoms with Gasteiger partial charge in [0.2, 0.25) is 0 Å². The Morgan fingerprint density at radius 2 is 1.88 bits per heavy atom. The average Bonchev–Trinajstić information content (AvgIpc) is 3.14. The van der Waals surface area contributed by atoms with E-state index in [1.165, 1.54) is 10.4 Å². The smallest absolute Gasteiger partial charge is 0.335 e. The predicted molar refractivity (Wildman–Crippen MR) is 132 cm³/mol. The number of hydrogen-bond donors (Lipinski definition) is 2. The van der Waals surface area contributed by atoms with E-state index in [4.69, 9.17) is 4.74 Å². The molecule has 3 aromatic rings. The number of rotatable bonds is 9. The van der Waals surface area contributed by atoms with Crippen molar-refractivity contribution in [3.8, 4) is 5.75 Å². The normalized spacial score (nSPS) is 13.8. The van der Waals surface area contributed by atoms with Crippen molar-refractivity contribution in [1.29, 1.82) is 0 Å². The summed E-state index contributed by atoms with van der Waals surface area (Å²) in [6.45, 7) is 10.6. The summed E-state index contributed by atoms with van der Waals surface area (Å²) < 4.78 is 6.92. The lowest BCUT2D eigenvalue weighted by atomic mass is 9.89. The van der Waals surface area contributed by atoms with Gasteiger partial charge in [0.15, 0.2) is 0 Å². The van der Waals surface area contributed by atoms with Crippen LogP contribution in [0.25, 0.3) is 10.1 Å². The monoisotopic (exact) mass is 454 g/mol. The average molecular weight is 455 g/mol. The Balaban J connectivity index is 1.66. The first-order valence-electron chi connectivity index (χ1n) is 11.3. The van der Waals surface area contributed by atoms with Crippen molar-refractivity contribution in [1.82, 2.24) is 0 Å². The topological polar surface area (TPSA) is 66.8 Å². The molecule has 1 heterocycles. The van der Waals surface area contributed by atoms with Gasteiger partial charge in [-0.25, -0.2) is 4.79 Å². The van der Waals surface area contributed by atoms with Crippen LogP contribution in [0.15, 0.2) is 42.5 Å². The quantitative estimate of drug-likeness (QED) is 0.372. The van der Waals surface area contributed by atoms with E-state index in [1.807, 2.05) is 32.9 Å². The molecular weight excluding hydrogens is 420 g/mol. The van der Waals surface area contributed by atoms with Crippen molar-refractivity contribution in [2.75, 3.05) is 6.61 Å². The maximum absolute atomic E-state index is 11.2. The molecule has 0 aliphatic heterocycles. The van der Waals surface area contributed by atoms with Gasteiger partial charge in [0, 0.05) is 9.58 Å². The molecule has 5 heteroatoms. The highest BCUT2D eigenvalue weighted by Gasteiger charge is 2.23. The Labute approximate surface area is 194 Å². The molecule has 0 spiro atoms. The summed E-state index contributed by atoms with van der Waals surface area (Å²) >= 11 is 1.69. The molecule has 4 nitrogen and oxygen atoms in total. The van der Waals surface area contributed by atoms with Crippen LogP contribution in [0.4, 0.5) is 0 Å². The second-order valence-electron chi connectivity index (χ2n) is 9.63. The molecule has 0 aliphatic rings. The van der Waals surface area contributed by atoms with Crippen LogP contribution in [0.1, 0.15) is 72.8 Å². The number of aryl methyl sites for hydroxylation is 2. The van der Waals surface area contributed by atoms with Gasteiger partial charge in [-0.15, -0.1) is 11.3 Å². The Kier molecular flexibility index (Phi) is 7.63. The number of thiophene rings is 1. The van der Waals surface area contributed by atoms with Crippen molar-refractivity contribution >= 4 is 27.4 Å². The number of benzene rings is 2. The molecule has 0 radical (unpaired) electrons. The van der Waals surface area contributed by atoms with Gasteiger partial charge in [0.05, 0.1) is 11.7 Å². The number of carboxylic acid groups (broad SMARTS) is 1. The second kappa shape index (κ2) is 10.1. The van der Waals surface area contributed by atoms with Gasteiger partial charge >= 0.3 is 5.97 Å². The molecule has 0 bridgehead atoms. The number of aromatic carboxylic acids is 1. The van der Waals surface area contributed by atoms with Crippen molar-refractivity contribution in [3.05, 3.63) is 64.0 Å². The largest absolute Gasteiger partial charge is 0.491 e. The fraction of sp³-hybridized carbons (Fsp3) is 0.444. The summed E-state index contributed by atoms with van der Waals surface area (Å²) in [6.07, 6.45) is 2.54. The van der Waals surface area contributed by atoms with Crippen molar-refractivity contribution in [3.63, 3.8) is 0 Å². The third kappa shape index (κ3) is 5.90. The van der Waals surface area contributed by atoms with Crippen LogP contribution in [0.5, 0.6) is 5.75 Å². The van der Waals surface area contributed by atoms with Gasteiger partial charge in [-0.2, -0.15) is 0 Å². The molecule has 0 aliphatic carbocycles. The molecule has 2 unspecified atom stereocenters. The summed E-state index contributed by atoms with van der Waals surface area (Å²) in [7, 11) is 0. The lowest BCUT2D eigenvalue weighted by Crippen LogP contribution is -2.32. The molecule has 3 rings (SSSR count). The Morgan fingerprint density at radius 3 is 2.50 bits per heavy atom. The highest BCUT2D eigenvalue weighted by molar-refractivity contribution is 7.19. The standard InChI is InChI=1S/C27H34O4S/c1-6-18(9-11-22-14-20-7-8-21(26(29)30)15-24(20)32-22)19-10-12-23(17(2)13-19)31-16-25(28)27(3,4)5/h7-8,10,12-15,18,25,28H,6,9,11,16H2,1-5H3,(H,29,30). The van der Waals surface area contributed by atoms with E-state index in [1.54, 1.807) is 23.5 Å². The van der Waals surface area contributed by atoms with E-state index < -0.39 is 12.1 Å². The second-order valence-corrected chi connectivity index (χ2v) is 10.8. The van der Waals surface area contributed by atoms with E-state index in [0.29, 0.717) is 11.5 Å². The van der Waals surface area contributed by atoms with E-state index in [9.17, 15) is 15.0 Å². The summed E-state index contributed by atoms with van der Waals surface area (Å²) in [5.74, 6) is 0.386. The number of carboxylic acids is 1. The van der Waals surface area contributed by atoms with Crippen molar-refractivity contribution in [2.45, 2.75) is 65.9 Å². The maximum atomic E-state index is 11.2. The summed E-state index contributed by atoms with van der Waals surface area (Å²) in [4.78, 5) is 12.5. The van der Waals surface area contributed by atoms with Gasteiger partial charge < -0.3 is 14.9 Å². The minimum atomic E-state index is -0.886. The number of hydrogen-bond acceptors (Lipinski definition) is 4. The Hall–Kier alpha value is -2.37. The van der Waals surface area contributed by atoms with E-state index in [2.05, 4.69) is 32.0 Å². The lowest BCUT2D eigenvalue weighted by molar-refractivity contribution is 0.0216. The number of carbonyl (C=O) groups is 1. The molecule has 0 amide bonds. The molecule has 2 aromatic carbocycles. The first-order valence-corrected chi connectivity index (χ1v) is 12.1. The van der Waals surface area contributed by atoms with Crippen LogP contribution in [0.2, 0.25) is 0 Å². The zero-order valence-electron chi connectivity index (χ0n) is 19.6. The molecule has 1 aromatic heterocycles. The third-order valence-corrected chi connectivity index (χ3v) is 7.27. The Morgan fingerprint density at radius 1 is 1.12 bits per heavy atom. The van der Waals surface area contributed by atoms with E-state index in [-0.39, 0.29) is 12.0 Å². The summed E-state index contributed by atoms with van der Waals surface area (Å²) in [5, 5.41) is 20.6. The summed E-state index contributed by atoms with van der Waals surface area (Å²) in [6, 6.07) is 13.9. The molecule has 32 heavy (non-hydrogen) atoms. The molecule has 0 saturated carbocycles. The zero-order chi connectivity index (χ0) is 23.5. The number of aliphatic hydroxyl groups excluding tert-OH is 1. The molecule has 2 atom stereocenters. The van der Waals surface area contributed by atoms with Gasteiger partial charge in [-0.3, -0.25) is 0 Å². The SMILES string of the molecule is CCC(CCc1cc2ccc(C(=O)O)cc2s1)c1ccc(OCC(O)C(C)(C)C)c(C)c1.